The van der Waals surface area contributed by atoms with Crippen molar-refractivity contribution >= 4 is 0 Å². The molecule has 0 amide bonds. The molecule has 0 saturated carbocycles. The molecule has 1 aromatic heterocycles. The smallest absolute Gasteiger partial charge is 0.137 e. The van der Waals surface area contributed by atoms with Crippen molar-refractivity contribution < 1.29 is 9.52 Å². The predicted octanol–water partition coefficient (Wildman–Crippen LogP) is 3.27. The minimum Gasteiger partial charge on any atom is -0.507 e. The van der Waals surface area contributed by atoms with Crippen LogP contribution in [-0.2, 0) is 0 Å². The molecule has 0 aliphatic carbocycles. The van der Waals surface area contributed by atoms with E-state index < -0.39 is 0 Å². The fourth-order valence-corrected chi connectivity index (χ4v) is 1.43. The van der Waals surface area contributed by atoms with Gasteiger partial charge in [-0.05, 0) is 43.2 Å². The minimum atomic E-state index is 0.306. The van der Waals surface area contributed by atoms with Crippen LogP contribution in [-0.4, -0.2) is 5.11 Å². The summed E-state index contributed by atoms with van der Waals surface area (Å²) >= 11 is 0. The van der Waals surface area contributed by atoms with Crippen LogP contribution in [0.4, 0.5) is 0 Å². The molecular formula is C12H12O2. The van der Waals surface area contributed by atoms with Crippen molar-refractivity contribution in [2.45, 2.75) is 13.8 Å². The van der Waals surface area contributed by atoms with Gasteiger partial charge in [-0.2, -0.15) is 0 Å². The van der Waals surface area contributed by atoms with Gasteiger partial charge in [-0.25, -0.2) is 0 Å². The summed E-state index contributed by atoms with van der Waals surface area (Å²) in [6, 6.07) is 7.50. The van der Waals surface area contributed by atoms with Gasteiger partial charge in [-0.15, -0.1) is 0 Å². The van der Waals surface area contributed by atoms with E-state index in [0.717, 1.165) is 16.7 Å². The summed E-state index contributed by atoms with van der Waals surface area (Å²) in [4.78, 5) is 0. The lowest BCUT2D eigenvalue weighted by atomic mass is 10.0. The van der Waals surface area contributed by atoms with Crippen LogP contribution in [0, 0.1) is 13.8 Å². The lowest BCUT2D eigenvalue weighted by Gasteiger charge is -2.07. The summed E-state index contributed by atoms with van der Waals surface area (Å²) in [5.74, 6) is 1.01. The first-order chi connectivity index (χ1) is 6.70. The molecule has 2 rings (SSSR count). The maximum Gasteiger partial charge on any atom is 0.137 e. The number of rotatable bonds is 1. The van der Waals surface area contributed by atoms with Gasteiger partial charge in [0.15, 0.2) is 0 Å². The van der Waals surface area contributed by atoms with E-state index in [4.69, 9.17) is 4.42 Å². The molecule has 14 heavy (non-hydrogen) atoms. The maximum absolute atomic E-state index is 9.89. The second-order valence-electron chi connectivity index (χ2n) is 3.38. The summed E-state index contributed by atoms with van der Waals surface area (Å²) in [6.45, 7) is 3.87. The number of aromatic hydroxyl groups is 1. The van der Waals surface area contributed by atoms with Gasteiger partial charge in [0.2, 0.25) is 0 Å². The van der Waals surface area contributed by atoms with Gasteiger partial charge in [0.05, 0.1) is 11.8 Å². The van der Waals surface area contributed by atoms with Gasteiger partial charge in [-0.3, -0.25) is 0 Å². The number of aryl methyl sites for hydroxylation is 1. The van der Waals surface area contributed by atoms with E-state index in [-0.39, 0.29) is 0 Å². The molecule has 1 aromatic carbocycles. The van der Waals surface area contributed by atoms with Crippen molar-refractivity contribution in [1.29, 1.82) is 0 Å². The Morgan fingerprint density at radius 2 is 1.93 bits per heavy atom. The van der Waals surface area contributed by atoms with E-state index in [1.165, 1.54) is 0 Å². The molecule has 0 fully saturated rings. The van der Waals surface area contributed by atoms with Crippen molar-refractivity contribution in [1.82, 2.24) is 0 Å². The Labute approximate surface area is 82.8 Å². The second kappa shape index (κ2) is 3.22. The van der Waals surface area contributed by atoms with Gasteiger partial charge in [0, 0.05) is 0 Å². The van der Waals surface area contributed by atoms with E-state index in [1.807, 2.05) is 38.1 Å². The van der Waals surface area contributed by atoms with E-state index in [1.54, 1.807) is 6.26 Å². The Balaban J connectivity index is 2.61. The highest BCUT2D eigenvalue weighted by atomic mass is 16.3. The van der Waals surface area contributed by atoms with Crippen LogP contribution in [0.15, 0.2) is 34.9 Å². The van der Waals surface area contributed by atoms with Gasteiger partial charge < -0.3 is 9.52 Å². The lowest BCUT2D eigenvalue weighted by Crippen LogP contribution is -1.84. The number of furan rings is 1. The first-order valence-corrected chi connectivity index (χ1v) is 4.53. The molecule has 72 valence electrons. The zero-order valence-electron chi connectivity index (χ0n) is 8.24. The quantitative estimate of drug-likeness (QED) is 0.745. The summed E-state index contributed by atoms with van der Waals surface area (Å²) < 4.78 is 5.24. The van der Waals surface area contributed by atoms with Gasteiger partial charge in [-0.1, -0.05) is 6.07 Å². The maximum atomic E-state index is 9.89. The molecule has 0 atom stereocenters. The third-order valence-corrected chi connectivity index (χ3v) is 2.49. The standard InChI is InChI=1S/C12H12O2/c1-8-5-6-10(12(13)9(8)2)11-4-3-7-14-11/h3-7,13H,1-2H3. The molecule has 1 heterocycles. The Morgan fingerprint density at radius 3 is 2.57 bits per heavy atom. The molecule has 2 aromatic rings. The molecule has 0 aliphatic heterocycles. The van der Waals surface area contributed by atoms with E-state index in [2.05, 4.69) is 0 Å². The molecule has 2 heteroatoms. The van der Waals surface area contributed by atoms with Crippen LogP contribution in [0.3, 0.4) is 0 Å². The Hall–Kier alpha value is -1.70. The molecule has 0 aliphatic rings. The average molecular weight is 188 g/mol. The molecular weight excluding hydrogens is 176 g/mol. The molecule has 1 N–H and O–H groups in total. The molecule has 0 saturated heterocycles. The fraction of sp³-hybridized carbons (Fsp3) is 0.167. The number of hydrogen-bond donors (Lipinski definition) is 1. The Bertz CT molecular complexity index is 442. The number of benzene rings is 1. The highest BCUT2D eigenvalue weighted by Crippen LogP contribution is 2.33. The molecule has 0 spiro atoms. The molecule has 0 radical (unpaired) electrons. The van der Waals surface area contributed by atoms with Crippen molar-refractivity contribution in [3.8, 4) is 17.1 Å². The topological polar surface area (TPSA) is 33.4 Å². The van der Waals surface area contributed by atoms with E-state index in [0.29, 0.717) is 11.5 Å². The fourth-order valence-electron chi connectivity index (χ4n) is 1.43. The van der Waals surface area contributed by atoms with Crippen molar-refractivity contribution in [2.75, 3.05) is 0 Å². The first-order valence-electron chi connectivity index (χ1n) is 4.53. The zero-order valence-corrected chi connectivity index (χ0v) is 8.24. The summed E-state index contributed by atoms with van der Waals surface area (Å²) in [5, 5.41) is 9.89. The molecule has 0 bridgehead atoms. The van der Waals surface area contributed by atoms with Crippen LogP contribution in [0.1, 0.15) is 11.1 Å². The second-order valence-corrected chi connectivity index (χ2v) is 3.38. The van der Waals surface area contributed by atoms with Crippen LogP contribution < -0.4 is 0 Å². The van der Waals surface area contributed by atoms with E-state index >= 15 is 0 Å². The number of phenols is 1. The van der Waals surface area contributed by atoms with Gasteiger partial charge >= 0.3 is 0 Å². The van der Waals surface area contributed by atoms with Gasteiger partial charge in [0.1, 0.15) is 11.5 Å². The zero-order chi connectivity index (χ0) is 10.1. The van der Waals surface area contributed by atoms with E-state index in [9.17, 15) is 5.11 Å². The van der Waals surface area contributed by atoms with Crippen LogP contribution in [0.5, 0.6) is 5.75 Å². The predicted molar refractivity (Wildman–Crippen MR) is 55.3 cm³/mol. The van der Waals surface area contributed by atoms with Crippen molar-refractivity contribution in [3.05, 3.63) is 41.7 Å². The first kappa shape index (κ1) is 8.88. The number of hydrogen-bond acceptors (Lipinski definition) is 2. The monoisotopic (exact) mass is 188 g/mol. The normalized spacial score (nSPS) is 10.4. The molecule has 0 unspecified atom stereocenters. The van der Waals surface area contributed by atoms with Crippen LogP contribution in [0.2, 0.25) is 0 Å². The Morgan fingerprint density at radius 1 is 1.14 bits per heavy atom. The third-order valence-electron chi connectivity index (χ3n) is 2.49. The summed E-state index contributed by atoms with van der Waals surface area (Å²) in [7, 11) is 0. The third kappa shape index (κ3) is 1.29. The minimum absolute atomic E-state index is 0.306. The van der Waals surface area contributed by atoms with Crippen molar-refractivity contribution in [2.24, 2.45) is 0 Å². The lowest BCUT2D eigenvalue weighted by molar-refractivity contribution is 0.469. The SMILES string of the molecule is Cc1ccc(-c2ccco2)c(O)c1C. The van der Waals surface area contributed by atoms with Crippen LogP contribution in [0.25, 0.3) is 11.3 Å². The van der Waals surface area contributed by atoms with Gasteiger partial charge in [0.25, 0.3) is 0 Å². The number of phenolic OH excluding ortho intramolecular Hbond substituents is 1. The average Bonchev–Trinajstić information content (AvgIpc) is 2.67. The Kier molecular flexibility index (Phi) is 2.04. The largest absolute Gasteiger partial charge is 0.507 e. The van der Waals surface area contributed by atoms with Crippen LogP contribution >= 0.6 is 0 Å². The van der Waals surface area contributed by atoms with Crippen molar-refractivity contribution in [3.63, 3.8) is 0 Å². The highest BCUT2D eigenvalue weighted by Gasteiger charge is 2.09. The summed E-state index contributed by atoms with van der Waals surface area (Å²) in [6.07, 6.45) is 1.60. The molecule has 2 nitrogen and oxygen atoms in total. The summed E-state index contributed by atoms with van der Waals surface area (Å²) in [5.41, 5.74) is 2.73. The highest BCUT2D eigenvalue weighted by molar-refractivity contribution is 5.68.